The molecule has 0 spiro atoms. The van der Waals surface area contributed by atoms with Gasteiger partial charge in [-0.1, -0.05) is 72.8 Å². The molecule has 0 aliphatic rings. The number of amides is 2. The van der Waals surface area contributed by atoms with Crippen molar-refractivity contribution < 1.29 is 14.3 Å². The second-order valence-corrected chi connectivity index (χ2v) is 7.22. The summed E-state index contributed by atoms with van der Waals surface area (Å²) in [5.74, 6) is -0.362. The number of carbonyl (C=O) groups excluding carboxylic acids is 2. The molecule has 30 heavy (non-hydrogen) atoms. The van der Waals surface area contributed by atoms with Crippen LogP contribution >= 0.6 is 0 Å². The van der Waals surface area contributed by atoms with Gasteiger partial charge in [-0.05, 0) is 35.2 Å². The van der Waals surface area contributed by atoms with Crippen LogP contribution in [0.1, 0.15) is 30.6 Å². The third-order valence-electron chi connectivity index (χ3n) is 4.96. The smallest absolute Gasteiger partial charge is 0.239 e. The van der Waals surface area contributed by atoms with Crippen LogP contribution in [0.15, 0.2) is 72.8 Å². The number of hydrogen-bond donors (Lipinski definition) is 2. The van der Waals surface area contributed by atoms with Crippen LogP contribution in [0.3, 0.4) is 0 Å². The predicted molar refractivity (Wildman–Crippen MR) is 119 cm³/mol. The van der Waals surface area contributed by atoms with Gasteiger partial charge in [-0.3, -0.25) is 9.59 Å². The first kappa shape index (κ1) is 21.5. The molecule has 0 aromatic heterocycles. The van der Waals surface area contributed by atoms with Crippen LogP contribution in [0.2, 0.25) is 0 Å². The Morgan fingerprint density at radius 1 is 0.867 bits per heavy atom. The Kier molecular flexibility index (Phi) is 7.98. The number of fused-ring (bicyclic) bond motifs is 1. The lowest BCUT2D eigenvalue weighted by molar-refractivity contribution is -0.125. The third-order valence-corrected chi connectivity index (χ3v) is 4.96. The van der Waals surface area contributed by atoms with Crippen molar-refractivity contribution in [3.8, 4) is 0 Å². The summed E-state index contributed by atoms with van der Waals surface area (Å²) in [6, 6.07) is 23.9. The Labute approximate surface area is 177 Å². The van der Waals surface area contributed by atoms with Gasteiger partial charge in [0.15, 0.2) is 0 Å². The molecular formula is C25H28N2O3. The lowest BCUT2D eigenvalue weighted by atomic mass is 10.0. The Balaban J connectivity index is 1.32. The zero-order valence-electron chi connectivity index (χ0n) is 17.3. The molecule has 0 radical (unpaired) electrons. The minimum absolute atomic E-state index is 0.0229. The normalized spacial score (nSPS) is 11.8. The van der Waals surface area contributed by atoms with Gasteiger partial charge in [0.2, 0.25) is 11.8 Å². The molecule has 5 nitrogen and oxygen atoms in total. The molecule has 1 atom stereocenters. The topological polar surface area (TPSA) is 67.4 Å². The summed E-state index contributed by atoms with van der Waals surface area (Å²) in [4.78, 5) is 24.2. The maximum Gasteiger partial charge on any atom is 0.239 e. The highest BCUT2D eigenvalue weighted by atomic mass is 16.5. The SMILES string of the molecule is CC(OCCCNC(=O)CNC(=O)Cc1cccc2ccccc12)c1ccccc1. The molecule has 2 N–H and O–H groups in total. The molecule has 5 heteroatoms. The lowest BCUT2D eigenvalue weighted by Crippen LogP contribution is -2.38. The van der Waals surface area contributed by atoms with E-state index in [1.807, 2.05) is 79.7 Å². The number of hydrogen-bond acceptors (Lipinski definition) is 3. The minimum atomic E-state index is -0.197. The predicted octanol–water partition coefficient (Wildman–Crippen LogP) is 3.78. The number of benzene rings is 3. The standard InChI is InChI=1S/C25H28N2O3/c1-19(20-9-3-2-4-10-20)30-16-8-15-26-25(29)18-27-24(28)17-22-13-7-12-21-11-5-6-14-23(21)22/h2-7,9-14,19H,8,15-18H2,1H3,(H,26,29)(H,27,28). The highest BCUT2D eigenvalue weighted by Gasteiger charge is 2.09. The van der Waals surface area contributed by atoms with Crippen molar-refractivity contribution in [2.45, 2.75) is 25.9 Å². The van der Waals surface area contributed by atoms with E-state index in [9.17, 15) is 9.59 Å². The summed E-state index contributed by atoms with van der Waals surface area (Å²) in [6.45, 7) is 3.06. The van der Waals surface area contributed by atoms with Crippen molar-refractivity contribution in [3.05, 3.63) is 83.9 Å². The molecule has 0 fully saturated rings. The van der Waals surface area contributed by atoms with Gasteiger partial charge < -0.3 is 15.4 Å². The fourth-order valence-corrected chi connectivity index (χ4v) is 3.30. The second-order valence-electron chi connectivity index (χ2n) is 7.22. The first-order valence-corrected chi connectivity index (χ1v) is 10.3. The fraction of sp³-hybridized carbons (Fsp3) is 0.280. The Morgan fingerprint density at radius 3 is 2.43 bits per heavy atom. The summed E-state index contributed by atoms with van der Waals surface area (Å²) >= 11 is 0. The summed E-state index contributed by atoms with van der Waals surface area (Å²) < 4.78 is 5.79. The van der Waals surface area contributed by atoms with Gasteiger partial charge in [-0.25, -0.2) is 0 Å². The van der Waals surface area contributed by atoms with Gasteiger partial charge in [-0.2, -0.15) is 0 Å². The van der Waals surface area contributed by atoms with Gasteiger partial charge in [0.25, 0.3) is 0 Å². The molecule has 3 aromatic carbocycles. The summed E-state index contributed by atoms with van der Waals surface area (Å²) in [5, 5.41) is 7.67. The quantitative estimate of drug-likeness (QED) is 0.505. The van der Waals surface area contributed by atoms with Crippen molar-refractivity contribution in [2.75, 3.05) is 19.7 Å². The minimum Gasteiger partial charge on any atom is -0.374 e. The molecular weight excluding hydrogens is 376 g/mol. The first-order valence-electron chi connectivity index (χ1n) is 10.3. The van der Waals surface area contributed by atoms with Gasteiger partial charge in [0.05, 0.1) is 19.1 Å². The van der Waals surface area contributed by atoms with Crippen molar-refractivity contribution in [1.29, 1.82) is 0 Å². The monoisotopic (exact) mass is 404 g/mol. The molecule has 2 amide bonds. The summed E-state index contributed by atoms with van der Waals surface area (Å²) in [6.07, 6.45) is 0.988. The Hall–Kier alpha value is -3.18. The van der Waals surface area contributed by atoms with Crippen molar-refractivity contribution in [2.24, 2.45) is 0 Å². The lowest BCUT2D eigenvalue weighted by Gasteiger charge is -2.13. The van der Waals surface area contributed by atoms with E-state index in [0.29, 0.717) is 19.6 Å². The molecule has 0 aliphatic heterocycles. The Bertz CT molecular complexity index is 967. The first-order chi connectivity index (χ1) is 14.6. The van der Waals surface area contributed by atoms with Crippen molar-refractivity contribution in [1.82, 2.24) is 10.6 Å². The number of carbonyl (C=O) groups is 2. The van der Waals surface area contributed by atoms with E-state index in [1.54, 1.807) is 0 Å². The molecule has 0 heterocycles. The molecule has 0 saturated heterocycles. The molecule has 156 valence electrons. The molecule has 0 aliphatic carbocycles. The van der Waals surface area contributed by atoms with E-state index in [0.717, 1.165) is 21.9 Å². The van der Waals surface area contributed by atoms with Crippen molar-refractivity contribution in [3.63, 3.8) is 0 Å². The zero-order valence-corrected chi connectivity index (χ0v) is 17.3. The fourth-order valence-electron chi connectivity index (χ4n) is 3.30. The van der Waals surface area contributed by atoms with Crippen LogP contribution in [0.4, 0.5) is 0 Å². The van der Waals surface area contributed by atoms with Crippen molar-refractivity contribution >= 4 is 22.6 Å². The molecule has 0 saturated carbocycles. The molecule has 3 rings (SSSR count). The van der Waals surface area contributed by atoms with E-state index in [2.05, 4.69) is 10.6 Å². The summed E-state index contributed by atoms with van der Waals surface area (Å²) in [7, 11) is 0. The highest BCUT2D eigenvalue weighted by Crippen LogP contribution is 2.19. The second kappa shape index (κ2) is 11.1. The van der Waals surface area contributed by atoms with Gasteiger partial charge in [0.1, 0.15) is 0 Å². The van der Waals surface area contributed by atoms with Gasteiger partial charge in [0, 0.05) is 13.2 Å². The van der Waals surface area contributed by atoms with Crippen LogP contribution < -0.4 is 10.6 Å². The van der Waals surface area contributed by atoms with Crippen LogP contribution in [0.25, 0.3) is 10.8 Å². The van der Waals surface area contributed by atoms with E-state index < -0.39 is 0 Å². The number of ether oxygens (including phenoxy) is 1. The van der Waals surface area contributed by atoms with Crippen LogP contribution in [0, 0.1) is 0 Å². The highest BCUT2D eigenvalue weighted by molar-refractivity contribution is 5.91. The number of nitrogens with one attached hydrogen (secondary N) is 2. The third kappa shape index (κ3) is 6.42. The largest absolute Gasteiger partial charge is 0.374 e. The van der Waals surface area contributed by atoms with E-state index in [4.69, 9.17) is 4.74 Å². The maximum atomic E-state index is 12.2. The summed E-state index contributed by atoms with van der Waals surface area (Å²) in [5.41, 5.74) is 2.09. The van der Waals surface area contributed by atoms with Gasteiger partial charge >= 0.3 is 0 Å². The Morgan fingerprint density at radius 2 is 1.60 bits per heavy atom. The van der Waals surface area contributed by atoms with Crippen LogP contribution in [-0.2, 0) is 20.7 Å². The zero-order chi connectivity index (χ0) is 21.2. The van der Waals surface area contributed by atoms with Gasteiger partial charge in [-0.15, -0.1) is 0 Å². The van der Waals surface area contributed by atoms with Crippen LogP contribution in [0.5, 0.6) is 0 Å². The number of rotatable bonds is 10. The van der Waals surface area contributed by atoms with E-state index >= 15 is 0 Å². The maximum absolute atomic E-state index is 12.2. The average molecular weight is 405 g/mol. The molecule has 0 bridgehead atoms. The van der Waals surface area contributed by atoms with E-state index in [1.165, 1.54) is 0 Å². The molecule has 3 aromatic rings. The average Bonchev–Trinajstić information content (AvgIpc) is 2.78. The van der Waals surface area contributed by atoms with Crippen LogP contribution in [-0.4, -0.2) is 31.5 Å². The van der Waals surface area contributed by atoms with E-state index in [-0.39, 0.29) is 30.9 Å². The molecule has 1 unspecified atom stereocenters.